The molecule has 6 nitrogen and oxygen atoms in total. The predicted molar refractivity (Wildman–Crippen MR) is 80.0 cm³/mol. The third kappa shape index (κ3) is 3.21. The van der Waals surface area contributed by atoms with E-state index in [4.69, 9.17) is 9.84 Å². The van der Waals surface area contributed by atoms with Gasteiger partial charge in [0.25, 0.3) is 0 Å². The van der Waals surface area contributed by atoms with Gasteiger partial charge in [-0.3, -0.25) is 0 Å². The summed E-state index contributed by atoms with van der Waals surface area (Å²) in [5, 5.41) is 18.8. The van der Waals surface area contributed by atoms with Crippen LogP contribution in [0.1, 0.15) is 25.5 Å². The van der Waals surface area contributed by atoms with Crippen LogP contribution in [-0.4, -0.2) is 54.0 Å². The zero-order chi connectivity index (χ0) is 15.6. The summed E-state index contributed by atoms with van der Waals surface area (Å²) in [7, 11) is 1.58. The number of anilines is 1. The van der Waals surface area contributed by atoms with Gasteiger partial charge < -0.3 is 24.7 Å². The molecule has 2 rings (SSSR count). The van der Waals surface area contributed by atoms with Crippen LogP contribution in [0.15, 0.2) is 18.2 Å². The molecular formula is C15H22N2O4. The van der Waals surface area contributed by atoms with E-state index < -0.39 is 12.2 Å². The number of rotatable bonds is 3. The number of ether oxygens (including phenoxy) is 1. The molecule has 1 aromatic carbocycles. The van der Waals surface area contributed by atoms with Gasteiger partial charge in [0.05, 0.1) is 13.2 Å². The topological polar surface area (TPSA) is 73.2 Å². The Bertz CT molecular complexity index is 518. The normalized spacial score (nSPS) is 20.3. The van der Waals surface area contributed by atoms with Crippen LogP contribution in [0.5, 0.6) is 5.75 Å². The molecule has 6 heteroatoms. The lowest BCUT2D eigenvalue weighted by Crippen LogP contribution is -2.53. The predicted octanol–water partition coefficient (Wildman–Crippen LogP) is 1.94. The van der Waals surface area contributed by atoms with Gasteiger partial charge in [-0.15, -0.1) is 0 Å². The second-order valence-electron chi connectivity index (χ2n) is 5.37. The Balaban J connectivity index is 2.18. The number of aliphatic hydroxyl groups is 1. The third-order valence-corrected chi connectivity index (χ3v) is 3.91. The fraction of sp³-hybridized carbons (Fsp3) is 0.533. The van der Waals surface area contributed by atoms with Crippen molar-refractivity contribution in [2.45, 2.75) is 26.0 Å². The average Bonchev–Trinajstić information content (AvgIpc) is 2.45. The third-order valence-electron chi connectivity index (χ3n) is 3.91. The molecule has 1 aliphatic heterocycles. The molecule has 2 unspecified atom stereocenters. The van der Waals surface area contributed by atoms with Crippen LogP contribution in [0.2, 0.25) is 0 Å². The summed E-state index contributed by atoms with van der Waals surface area (Å²) < 4.78 is 5.33. The van der Waals surface area contributed by atoms with E-state index in [1.54, 1.807) is 14.0 Å². The summed E-state index contributed by atoms with van der Waals surface area (Å²) in [6.07, 6.45) is -1.46. The fourth-order valence-corrected chi connectivity index (χ4v) is 2.72. The highest BCUT2D eigenvalue weighted by atomic mass is 16.5. The van der Waals surface area contributed by atoms with Crippen molar-refractivity contribution in [3.8, 4) is 5.75 Å². The molecule has 0 saturated carbocycles. The van der Waals surface area contributed by atoms with Gasteiger partial charge >= 0.3 is 6.09 Å². The Morgan fingerprint density at radius 1 is 1.43 bits per heavy atom. The first kappa shape index (κ1) is 15.4. The maximum Gasteiger partial charge on any atom is 0.407 e. The highest BCUT2D eigenvalue weighted by molar-refractivity contribution is 5.66. The van der Waals surface area contributed by atoms with Crippen LogP contribution < -0.4 is 9.64 Å². The van der Waals surface area contributed by atoms with Gasteiger partial charge in [0.2, 0.25) is 0 Å². The summed E-state index contributed by atoms with van der Waals surface area (Å²) in [5.41, 5.74) is 1.73. The van der Waals surface area contributed by atoms with E-state index in [-0.39, 0.29) is 6.04 Å². The summed E-state index contributed by atoms with van der Waals surface area (Å²) >= 11 is 0. The largest absolute Gasteiger partial charge is 0.496 e. The van der Waals surface area contributed by atoms with Crippen LogP contribution >= 0.6 is 0 Å². The van der Waals surface area contributed by atoms with Crippen molar-refractivity contribution < 1.29 is 19.7 Å². The molecule has 21 heavy (non-hydrogen) atoms. The van der Waals surface area contributed by atoms with E-state index in [2.05, 4.69) is 4.90 Å². The number of aliphatic hydroxyl groups excluding tert-OH is 1. The highest BCUT2D eigenvalue weighted by Crippen LogP contribution is 2.30. The first-order chi connectivity index (χ1) is 9.93. The van der Waals surface area contributed by atoms with Gasteiger partial charge in [0.15, 0.2) is 0 Å². The van der Waals surface area contributed by atoms with Gasteiger partial charge in [-0.25, -0.2) is 4.79 Å². The van der Waals surface area contributed by atoms with E-state index in [1.165, 1.54) is 4.90 Å². The summed E-state index contributed by atoms with van der Waals surface area (Å²) in [5.74, 6) is 0.649. The van der Waals surface area contributed by atoms with Crippen molar-refractivity contribution in [1.29, 1.82) is 0 Å². The zero-order valence-electron chi connectivity index (χ0n) is 12.6. The van der Waals surface area contributed by atoms with Gasteiger partial charge in [-0.05, 0) is 19.9 Å². The molecule has 116 valence electrons. The van der Waals surface area contributed by atoms with Crippen molar-refractivity contribution in [3.63, 3.8) is 0 Å². The quantitative estimate of drug-likeness (QED) is 0.891. The molecule has 0 aliphatic carbocycles. The molecule has 1 saturated heterocycles. The molecular weight excluding hydrogens is 272 g/mol. The van der Waals surface area contributed by atoms with E-state index in [0.717, 1.165) is 11.3 Å². The van der Waals surface area contributed by atoms with Crippen LogP contribution in [0.3, 0.4) is 0 Å². The maximum atomic E-state index is 11.1. The van der Waals surface area contributed by atoms with Crippen molar-refractivity contribution in [2.75, 3.05) is 31.6 Å². The van der Waals surface area contributed by atoms with Crippen LogP contribution in [0.4, 0.5) is 10.5 Å². The standard InChI is InChI=1S/C15H22N2O4/c1-10-9-16(6-7-17(10)15(19)20)12-4-5-13(11(2)18)14(8-12)21-3/h4-5,8,10-11,18H,6-7,9H2,1-3H3,(H,19,20). The van der Waals surface area contributed by atoms with Crippen LogP contribution in [0, 0.1) is 0 Å². The SMILES string of the molecule is COc1cc(N2CCN(C(=O)O)C(C)C2)ccc1C(C)O. The number of amides is 1. The Hall–Kier alpha value is -1.95. The molecule has 0 spiro atoms. The molecule has 1 amide bonds. The van der Waals surface area contributed by atoms with E-state index >= 15 is 0 Å². The number of piperazine rings is 1. The lowest BCUT2D eigenvalue weighted by Gasteiger charge is -2.39. The molecule has 1 aromatic rings. The molecule has 0 aromatic heterocycles. The molecule has 0 radical (unpaired) electrons. The number of hydrogen-bond acceptors (Lipinski definition) is 4. The van der Waals surface area contributed by atoms with Crippen molar-refractivity contribution in [1.82, 2.24) is 4.90 Å². The van der Waals surface area contributed by atoms with Gasteiger partial charge in [-0.1, -0.05) is 6.07 Å². The maximum absolute atomic E-state index is 11.1. The first-order valence-electron chi connectivity index (χ1n) is 7.04. The minimum absolute atomic E-state index is 0.0568. The molecule has 1 heterocycles. The Morgan fingerprint density at radius 2 is 2.14 bits per heavy atom. The monoisotopic (exact) mass is 294 g/mol. The van der Waals surface area contributed by atoms with Crippen molar-refractivity contribution >= 4 is 11.8 Å². The second kappa shape index (κ2) is 6.22. The molecule has 2 N–H and O–H groups in total. The molecule has 1 fully saturated rings. The van der Waals surface area contributed by atoms with E-state index in [0.29, 0.717) is 25.4 Å². The Kier molecular flexibility index (Phi) is 4.57. The number of benzene rings is 1. The summed E-state index contributed by atoms with van der Waals surface area (Å²) in [4.78, 5) is 14.7. The number of carboxylic acid groups (broad SMARTS) is 1. The lowest BCUT2D eigenvalue weighted by molar-refractivity contribution is 0.122. The highest BCUT2D eigenvalue weighted by Gasteiger charge is 2.27. The van der Waals surface area contributed by atoms with E-state index in [9.17, 15) is 9.90 Å². The summed E-state index contributed by atoms with van der Waals surface area (Å²) in [6.45, 7) is 5.38. The van der Waals surface area contributed by atoms with Gasteiger partial charge in [0, 0.05) is 43.0 Å². The first-order valence-corrected chi connectivity index (χ1v) is 7.04. The number of methoxy groups -OCH3 is 1. The minimum atomic E-state index is -0.871. The zero-order valence-corrected chi connectivity index (χ0v) is 12.6. The van der Waals surface area contributed by atoms with Crippen LogP contribution in [0.25, 0.3) is 0 Å². The molecule has 0 bridgehead atoms. The number of carbonyl (C=O) groups is 1. The molecule has 1 aliphatic rings. The van der Waals surface area contributed by atoms with Gasteiger partial charge in [-0.2, -0.15) is 0 Å². The second-order valence-corrected chi connectivity index (χ2v) is 5.37. The number of nitrogens with zero attached hydrogens (tertiary/aromatic N) is 2. The van der Waals surface area contributed by atoms with Gasteiger partial charge in [0.1, 0.15) is 5.75 Å². The Morgan fingerprint density at radius 3 is 2.67 bits per heavy atom. The smallest absolute Gasteiger partial charge is 0.407 e. The summed E-state index contributed by atoms with van der Waals surface area (Å²) in [6, 6.07) is 5.63. The lowest BCUT2D eigenvalue weighted by atomic mass is 10.1. The van der Waals surface area contributed by atoms with Crippen molar-refractivity contribution in [2.24, 2.45) is 0 Å². The van der Waals surface area contributed by atoms with Crippen LogP contribution in [-0.2, 0) is 0 Å². The minimum Gasteiger partial charge on any atom is -0.496 e. The van der Waals surface area contributed by atoms with E-state index in [1.807, 2.05) is 25.1 Å². The Labute approximate surface area is 124 Å². The van der Waals surface area contributed by atoms with Crippen molar-refractivity contribution in [3.05, 3.63) is 23.8 Å². The molecule has 2 atom stereocenters. The number of hydrogen-bond donors (Lipinski definition) is 2. The average molecular weight is 294 g/mol. The fourth-order valence-electron chi connectivity index (χ4n) is 2.72.